The zero-order valence-electron chi connectivity index (χ0n) is 9.80. The van der Waals surface area contributed by atoms with Crippen LogP contribution < -0.4 is 5.43 Å². The second-order valence-electron chi connectivity index (χ2n) is 4.34. The number of carbonyl (C=O) groups is 1. The molecule has 0 saturated carbocycles. The summed E-state index contributed by atoms with van der Waals surface area (Å²) in [5, 5.41) is 11.8. The van der Waals surface area contributed by atoms with Crippen LogP contribution in [0.25, 0.3) is 0 Å². The second-order valence-corrected chi connectivity index (χ2v) is 4.34. The van der Waals surface area contributed by atoms with Gasteiger partial charge in [0, 0.05) is 13.1 Å². The molecule has 1 atom stereocenters. The number of nitrogens with zero attached hydrogens (tertiary/aromatic N) is 1. The topological polar surface area (TPSA) is 52.6 Å². The minimum Gasteiger partial charge on any atom is -0.378 e. The van der Waals surface area contributed by atoms with Gasteiger partial charge in [-0.2, -0.15) is 0 Å². The number of aliphatic hydroxyl groups is 1. The molecule has 1 saturated heterocycles. The Labute approximate surface area is 101 Å². The summed E-state index contributed by atoms with van der Waals surface area (Å²) in [6, 6.07) is 8.99. The molecule has 2 N–H and O–H groups in total. The van der Waals surface area contributed by atoms with Crippen LogP contribution in [-0.2, 0) is 4.79 Å². The van der Waals surface area contributed by atoms with Crippen molar-refractivity contribution in [1.82, 2.24) is 10.4 Å². The van der Waals surface area contributed by atoms with Gasteiger partial charge >= 0.3 is 0 Å². The molecule has 1 aliphatic heterocycles. The molecule has 1 aliphatic rings. The average molecular weight is 234 g/mol. The van der Waals surface area contributed by atoms with E-state index in [1.54, 1.807) is 12.1 Å². The van der Waals surface area contributed by atoms with Crippen molar-refractivity contribution in [3.63, 3.8) is 0 Å². The highest BCUT2D eigenvalue weighted by atomic mass is 16.3. The summed E-state index contributed by atoms with van der Waals surface area (Å²) >= 11 is 0. The molecule has 4 nitrogen and oxygen atoms in total. The smallest absolute Gasteiger partial charge is 0.267 e. The second kappa shape index (κ2) is 5.80. The van der Waals surface area contributed by atoms with E-state index in [0.717, 1.165) is 25.9 Å². The van der Waals surface area contributed by atoms with Crippen molar-refractivity contribution in [2.24, 2.45) is 0 Å². The first-order chi connectivity index (χ1) is 8.27. The van der Waals surface area contributed by atoms with E-state index in [9.17, 15) is 9.90 Å². The van der Waals surface area contributed by atoms with E-state index >= 15 is 0 Å². The predicted octanol–water partition coefficient (Wildman–Crippen LogP) is 1.24. The Morgan fingerprint density at radius 1 is 1.18 bits per heavy atom. The summed E-state index contributed by atoms with van der Waals surface area (Å²) in [5.41, 5.74) is 3.39. The first-order valence-electron chi connectivity index (χ1n) is 6.06. The molecule has 1 amide bonds. The fraction of sp³-hybridized carbons (Fsp3) is 0.462. The fourth-order valence-electron chi connectivity index (χ4n) is 2.01. The maximum Gasteiger partial charge on any atom is 0.267 e. The predicted molar refractivity (Wildman–Crippen MR) is 65.0 cm³/mol. The fourth-order valence-corrected chi connectivity index (χ4v) is 2.01. The van der Waals surface area contributed by atoms with Crippen molar-refractivity contribution in [2.45, 2.75) is 25.4 Å². The third kappa shape index (κ3) is 3.28. The Hall–Kier alpha value is -1.39. The minimum atomic E-state index is -1.09. The summed E-state index contributed by atoms with van der Waals surface area (Å²) in [5.74, 6) is -0.349. The van der Waals surface area contributed by atoms with E-state index in [1.165, 1.54) is 6.42 Å². The van der Waals surface area contributed by atoms with E-state index in [1.807, 2.05) is 23.2 Å². The molecule has 0 radical (unpaired) electrons. The number of benzene rings is 1. The molecule has 1 unspecified atom stereocenters. The lowest BCUT2D eigenvalue weighted by Crippen LogP contribution is -2.46. The maximum atomic E-state index is 11.8. The number of hydrazine groups is 1. The Bertz CT molecular complexity index is 361. The lowest BCUT2D eigenvalue weighted by atomic mass is 10.1. The molecule has 0 spiro atoms. The highest BCUT2D eigenvalue weighted by Gasteiger charge is 2.20. The van der Waals surface area contributed by atoms with Crippen LogP contribution in [0.4, 0.5) is 0 Å². The normalized spacial score (nSPS) is 18.6. The van der Waals surface area contributed by atoms with Crippen LogP contribution in [0.15, 0.2) is 30.3 Å². The molecule has 92 valence electrons. The molecule has 1 heterocycles. The number of hydrogen-bond acceptors (Lipinski definition) is 3. The number of rotatable bonds is 3. The number of nitrogens with one attached hydrogen (secondary N) is 1. The largest absolute Gasteiger partial charge is 0.378 e. The molecule has 1 fully saturated rings. The lowest BCUT2D eigenvalue weighted by molar-refractivity contribution is -0.135. The van der Waals surface area contributed by atoms with Gasteiger partial charge in [-0.15, -0.1) is 0 Å². The van der Waals surface area contributed by atoms with Crippen LogP contribution in [0.2, 0.25) is 0 Å². The van der Waals surface area contributed by atoms with E-state index in [-0.39, 0.29) is 5.91 Å². The van der Waals surface area contributed by atoms with Crippen LogP contribution in [0, 0.1) is 0 Å². The monoisotopic (exact) mass is 234 g/mol. The Balaban J connectivity index is 1.91. The minimum absolute atomic E-state index is 0.349. The van der Waals surface area contributed by atoms with Crippen LogP contribution in [0.3, 0.4) is 0 Å². The molecule has 0 bridgehead atoms. The van der Waals surface area contributed by atoms with Crippen molar-refractivity contribution in [3.05, 3.63) is 35.9 Å². The van der Waals surface area contributed by atoms with Gasteiger partial charge in [-0.3, -0.25) is 10.2 Å². The first kappa shape index (κ1) is 12.1. The highest BCUT2D eigenvalue weighted by Crippen LogP contribution is 2.13. The summed E-state index contributed by atoms with van der Waals surface area (Å²) in [7, 11) is 0. The van der Waals surface area contributed by atoms with Gasteiger partial charge in [0.2, 0.25) is 0 Å². The van der Waals surface area contributed by atoms with Crippen molar-refractivity contribution >= 4 is 5.91 Å². The highest BCUT2D eigenvalue weighted by molar-refractivity contribution is 5.81. The molecular formula is C13H18N2O2. The lowest BCUT2D eigenvalue weighted by Gasteiger charge is -2.27. The van der Waals surface area contributed by atoms with Crippen molar-refractivity contribution in [2.75, 3.05) is 13.1 Å². The standard InChI is InChI=1S/C13H18N2O2/c16-12(11-7-3-1-4-8-11)13(17)14-15-9-5-2-6-10-15/h1,3-4,7-8,12,16H,2,5-6,9-10H2,(H,14,17). The molecule has 4 heteroatoms. The summed E-state index contributed by atoms with van der Waals surface area (Å²) in [4.78, 5) is 11.8. The van der Waals surface area contributed by atoms with Gasteiger partial charge < -0.3 is 5.11 Å². The third-order valence-electron chi connectivity index (χ3n) is 2.99. The number of carbonyl (C=O) groups excluding carboxylic acids is 1. The van der Waals surface area contributed by atoms with Crippen LogP contribution in [0.5, 0.6) is 0 Å². The molecule has 0 aliphatic carbocycles. The van der Waals surface area contributed by atoms with E-state index in [4.69, 9.17) is 0 Å². The SMILES string of the molecule is O=C(NN1CCCCC1)C(O)c1ccccc1. The molecular weight excluding hydrogens is 216 g/mol. The van der Waals surface area contributed by atoms with Crippen molar-refractivity contribution < 1.29 is 9.90 Å². The van der Waals surface area contributed by atoms with E-state index < -0.39 is 6.10 Å². The Kier molecular flexibility index (Phi) is 4.12. The van der Waals surface area contributed by atoms with Gasteiger partial charge in [0.15, 0.2) is 6.10 Å². The Morgan fingerprint density at radius 3 is 2.47 bits per heavy atom. The van der Waals surface area contributed by atoms with Crippen LogP contribution in [0.1, 0.15) is 30.9 Å². The number of amides is 1. The molecule has 0 aromatic heterocycles. The number of piperidine rings is 1. The van der Waals surface area contributed by atoms with Gasteiger partial charge in [-0.1, -0.05) is 36.8 Å². The quantitative estimate of drug-likeness (QED) is 0.827. The molecule has 17 heavy (non-hydrogen) atoms. The average Bonchev–Trinajstić information content (AvgIpc) is 2.40. The molecule has 1 aromatic rings. The summed E-state index contributed by atoms with van der Waals surface area (Å²) in [6.07, 6.45) is 2.33. The zero-order chi connectivity index (χ0) is 12.1. The van der Waals surface area contributed by atoms with Gasteiger partial charge in [0.1, 0.15) is 0 Å². The molecule has 1 aromatic carbocycles. The van der Waals surface area contributed by atoms with Crippen molar-refractivity contribution in [1.29, 1.82) is 0 Å². The first-order valence-corrected chi connectivity index (χ1v) is 6.06. The third-order valence-corrected chi connectivity index (χ3v) is 2.99. The van der Waals surface area contributed by atoms with Gasteiger partial charge in [-0.25, -0.2) is 5.01 Å². The maximum absolute atomic E-state index is 11.8. The summed E-state index contributed by atoms with van der Waals surface area (Å²) < 4.78 is 0. The zero-order valence-corrected chi connectivity index (χ0v) is 9.80. The van der Waals surface area contributed by atoms with Gasteiger partial charge in [0.25, 0.3) is 5.91 Å². The Morgan fingerprint density at radius 2 is 1.82 bits per heavy atom. The van der Waals surface area contributed by atoms with Crippen LogP contribution in [-0.4, -0.2) is 29.1 Å². The van der Waals surface area contributed by atoms with E-state index in [2.05, 4.69) is 5.43 Å². The number of aliphatic hydroxyl groups excluding tert-OH is 1. The number of hydrogen-bond donors (Lipinski definition) is 2. The van der Waals surface area contributed by atoms with Gasteiger partial charge in [0.05, 0.1) is 0 Å². The molecule has 2 rings (SSSR count). The van der Waals surface area contributed by atoms with Gasteiger partial charge in [-0.05, 0) is 18.4 Å². The van der Waals surface area contributed by atoms with E-state index in [0.29, 0.717) is 5.56 Å². The summed E-state index contributed by atoms with van der Waals surface area (Å²) in [6.45, 7) is 1.74. The van der Waals surface area contributed by atoms with Crippen molar-refractivity contribution in [3.8, 4) is 0 Å². The van der Waals surface area contributed by atoms with Crippen LogP contribution >= 0.6 is 0 Å².